The van der Waals surface area contributed by atoms with E-state index in [1.165, 1.54) is 5.56 Å². The number of hydrogen-bond donors (Lipinski definition) is 1. The molecule has 1 aliphatic rings. The Morgan fingerprint density at radius 2 is 1.75 bits per heavy atom. The van der Waals surface area contributed by atoms with Crippen LogP contribution >= 0.6 is 0 Å². The number of aromatic hydroxyl groups is 1. The second kappa shape index (κ2) is 7.21. The Kier molecular flexibility index (Phi) is 4.85. The average Bonchev–Trinajstić information content (AvgIpc) is 2.61. The average molecular weight is 322 g/mol. The van der Waals surface area contributed by atoms with Crippen LogP contribution in [-0.2, 0) is 4.79 Å². The van der Waals surface area contributed by atoms with E-state index in [4.69, 9.17) is 0 Å². The van der Waals surface area contributed by atoms with Gasteiger partial charge in [0.05, 0.1) is 0 Å². The molecule has 3 rings (SSSR count). The van der Waals surface area contributed by atoms with Crippen LogP contribution < -0.4 is 4.90 Å². The van der Waals surface area contributed by atoms with Gasteiger partial charge in [0.15, 0.2) is 0 Å². The van der Waals surface area contributed by atoms with Gasteiger partial charge in [0.1, 0.15) is 5.75 Å². The van der Waals surface area contributed by atoms with Gasteiger partial charge in [-0.2, -0.15) is 0 Å². The highest BCUT2D eigenvalue weighted by Crippen LogP contribution is 2.20. The van der Waals surface area contributed by atoms with Crippen molar-refractivity contribution in [2.75, 3.05) is 31.1 Å². The SMILES string of the molecule is Cc1cccc(/C=C/C(=O)N2CCN(c3ccc(O)cc3)CC2)c1. The maximum absolute atomic E-state index is 12.3. The molecular weight excluding hydrogens is 300 g/mol. The van der Waals surface area contributed by atoms with E-state index in [-0.39, 0.29) is 11.7 Å². The Bertz CT molecular complexity index is 730. The minimum atomic E-state index is 0.0573. The lowest BCUT2D eigenvalue weighted by molar-refractivity contribution is -0.126. The number of benzene rings is 2. The van der Waals surface area contributed by atoms with E-state index in [1.54, 1.807) is 18.2 Å². The van der Waals surface area contributed by atoms with Gasteiger partial charge in [-0.1, -0.05) is 29.8 Å². The molecule has 124 valence electrons. The summed E-state index contributed by atoms with van der Waals surface area (Å²) in [6.45, 7) is 5.06. The van der Waals surface area contributed by atoms with Crippen molar-refractivity contribution in [2.24, 2.45) is 0 Å². The molecule has 1 aliphatic heterocycles. The van der Waals surface area contributed by atoms with Gasteiger partial charge in [-0.3, -0.25) is 4.79 Å². The Labute approximate surface area is 142 Å². The fourth-order valence-corrected chi connectivity index (χ4v) is 2.90. The molecule has 0 aliphatic carbocycles. The lowest BCUT2D eigenvalue weighted by Crippen LogP contribution is -2.48. The number of aryl methyl sites for hydroxylation is 1. The summed E-state index contributed by atoms with van der Waals surface area (Å²) in [6.07, 6.45) is 3.53. The van der Waals surface area contributed by atoms with Gasteiger partial charge in [0.2, 0.25) is 5.91 Å². The fraction of sp³-hybridized carbons (Fsp3) is 0.250. The second-order valence-electron chi connectivity index (χ2n) is 6.08. The van der Waals surface area contributed by atoms with Crippen LogP contribution in [0.1, 0.15) is 11.1 Å². The highest BCUT2D eigenvalue weighted by atomic mass is 16.3. The van der Waals surface area contributed by atoms with Gasteiger partial charge < -0.3 is 14.9 Å². The molecule has 0 unspecified atom stereocenters. The standard InChI is InChI=1S/C20H22N2O2/c1-16-3-2-4-17(15-16)5-10-20(24)22-13-11-21(12-14-22)18-6-8-19(23)9-7-18/h2-10,15,23H,11-14H2,1H3/b10-5+. The Hall–Kier alpha value is -2.75. The molecule has 0 aromatic heterocycles. The van der Waals surface area contributed by atoms with E-state index >= 15 is 0 Å². The fourth-order valence-electron chi connectivity index (χ4n) is 2.90. The second-order valence-corrected chi connectivity index (χ2v) is 6.08. The van der Waals surface area contributed by atoms with Gasteiger partial charge in [0.25, 0.3) is 0 Å². The summed E-state index contributed by atoms with van der Waals surface area (Å²) >= 11 is 0. The van der Waals surface area contributed by atoms with Crippen LogP contribution in [0.3, 0.4) is 0 Å². The molecule has 1 saturated heterocycles. The summed E-state index contributed by atoms with van der Waals surface area (Å²) in [5.74, 6) is 0.329. The first-order chi connectivity index (χ1) is 11.6. The first-order valence-corrected chi connectivity index (χ1v) is 8.19. The van der Waals surface area contributed by atoms with Crippen LogP contribution in [0.5, 0.6) is 5.75 Å². The van der Waals surface area contributed by atoms with Crippen molar-refractivity contribution in [3.63, 3.8) is 0 Å². The third-order valence-corrected chi connectivity index (χ3v) is 4.27. The number of phenolic OH excluding ortho intramolecular Hbond substituents is 1. The number of anilines is 1. The van der Waals surface area contributed by atoms with Crippen molar-refractivity contribution in [3.8, 4) is 5.75 Å². The third-order valence-electron chi connectivity index (χ3n) is 4.27. The number of nitrogens with zero attached hydrogens (tertiary/aromatic N) is 2. The number of carbonyl (C=O) groups is 1. The zero-order valence-corrected chi connectivity index (χ0v) is 13.9. The zero-order valence-electron chi connectivity index (χ0n) is 13.9. The van der Waals surface area contributed by atoms with Crippen LogP contribution in [0.2, 0.25) is 0 Å². The predicted octanol–water partition coefficient (Wildman–Crippen LogP) is 3.06. The lowest BCUT2D eigenvalue weighted by atomic mass is 10.1. The van der Waals surface area contributed by atoms with Gasteiger partial charge in [-0.15, -0.1) is 0 Å². The number of carbonyl (C=O) groups excluding carboxylic acids is 1. The Balaban J connectivity index is 1.56. The molecule has 1 amide bonds. The van der Waals surface area contributed by atoms with Gasteiger partial charge >= 0.3 is 0 Å². The van der Waals surface area contributed by atoms with E-state index in [1.807, 2.05) is 48.2 Å². The molecule has 2 aromatic rings. The maximum Gasteiger partial charge on any atom is 0.246 e. The summed E-state index contributed by atoms with van der Waals surface area (Å²) < 4.78 is 0. The van der Waals surface area contributed by atoms with Crippen molar-refractivity contribution in [1.29, 1.82) is 0 Å². The van der Waals surface area contributed by atoms with E-state index in [2.05, 4.69) is 11.0 Å². The largest absolute Gasteiger partial charge is 0.508 e. The maximum atomic E-state index is 12.3. The van der Waals surface area contributed by atoms with Gasteiger partial charge in [-0.05, 0) is 42.8 Å². The van der Waals surface area contributed by atoms with Crippen LogP contribution in [0, 0.1) is 6.92 Å². The monoisotopic (exact) mass is 322 g/mol. The molecule has 0 spiro atoms. The molecule has 0 saturated carbocycles. The number of rotatable bonds is 3. The van der Waals surface area contributed by atoms with Crippen LogP contribution in [0.25, 0.3) is 6.08 Å². The Morgan fingerprint density at radius 1 is 1.04 bits per heavy atom. The molecule has 1 fully saturated rings. The highest BCUT2D eigenvalue weighted by molar-refractivity contribution is 5.92. The number of hydrogen-bond acceptors (Lipinski definition) is 3. The molecule has 2 aromatic carbocycles. The molecule has 0 atom stereocenters. The first kappa shape index (κ1) is 16.1. The summed E-state index contributed by atoms with van der Waals surface area (Å²) in [6, 6.07) is 15.3. The Morgan fingerprint density at radius 3 is 2.42 bits per heavy atom. The minimum absolute atomic E-state index is 0.0573. The normalized spacial score (nSPS) is 15.0. The summed E-state index contributed by atoms with van der Waals surface area (Å²) in [5.41, 5.74) is 3.31. The predicted molar refractivity (Wildman–Crippen MR) is 97.1 cm³/mol. The smallest absolute Gasteiger partial charge is 0.246 e. The molecule has 0 radical (unpaired) electrons. The quantitative estimate of drug-likeness (QED) is 0.883. The summed E-state index contributed by atoms with van der Waals surface area (Å²) in [4.78, 5) is 16.4. The topological polar surface area (TPSA) is 43.8 Å². The van der Waals surface area contributed by atoms with Crippen LogP contribution in [0.4, 0.5) is 5.69 Å². The van der Waals surface area contributed by atoms with Gasteiger partial charge in [0, 0.05) is 37.9 Å². The number of piperazine rings is 1. The molecule has 1 N–H and O–H groups in total. The summed E-state index contributed by atoms with van der Waals surface area (Å²) in [7, 11) is 0. The number of phenols is 1. The number of amides is 1. The van der Waals surface area contributed by atoms with Crippen molar-refractivity contribution >= 4 is 17.7 Å². The van der Waals surface area contributed by atoms with Crippen molar-refractivity contribution in [2.45, 2.75) is 6.92 Å². The van der Waals surface area contributed by atoms with E-state index < -0.39 is 0 Å². The molecule has 24 heavy (non-hydrogen) atoms. The summed E-state index contributed by atoms with van der Waals surface area (Å²) in [5, 5.41) is 9.36. The lowest BCUT2D eigenvalue weighted by Gasteiger charge is -2.35. The van der Waals surface area contributed by atoms with E-state index in [0.717, 1.165) is 24.3 Å². The molecule has 4 nitrogen and oxygen atoms in total. The zero-order chi connectivity index (χ0) is 16.9. The van der Waals surface area contributed by atoms with Gasteiger partial charge in [-0.25, -0.2) is 0 Å². The molecule has 4 heteroatoms. The van der Waals surface area contributed by atoms with Crippen molar-refractivity contribution in [3.05, 3.63) is 65.7 Å². The van der Waals surface area contributed by atoms with Crippen molar-refractivity contribution < 1.29 is 9.90 Å². The first-order valence-electron chi connectivity index (χ1n) is 8.19. The van der Waals surface area contributed by atoms with E-state index in [9.17, 15) is 9.90 Å². The molecular formula is C20H22N2O2. The third kappa shape index (κ3) is 3.96. The molecule has 1 heterocycles. The van der Waals surface area contributed by atoms with Crippen LogP contribution in [0.15, 0.2) is 54.6 Å². The van der Waals surface area contributed by atoms with Crippen LogP contribution in [-0.4, -0.2) is 42.1 Å². The van der Waals surface area contributed by atoms with E-state index in [0.29, 0.717) is 13.1 Å². The molecule has 0 bridgehead atoms. The highest BCUT2D eigenvalue weighted by Gasteiger charge is 2.19. The van der Waals surface area contributed by atoms with Crippen molar-refractivity contribution in [1.82, 2.24) is 4.90 Å². The minimum Gasteiger partial charge on any atom is -0.508 e.